The number of hydrogen-bond acceptors (Lipinski definition) is 3. The van der Waals surface area contributed by atoms with Crippen molar-refractivity contribution in [2.24, 2.45) is 0 Å². The predicted octanol–water partition coefficient (Wildman–Crippen LogP) is 5.63. The van der Waals surface area contributed by atoms with Gasteiger partial charge in [-0.25, -0.2) is 4.98 Å². The van der Waals surface area contributed by atoms with Crippen molar-refractivity contribution in [1.82, 2.24) is 9.97 Å². The maximum atomic E-state index is 6.08. The van der Waals surface area contributed by atoms with Crippen molar-refractivity contribution in [3.63, 3.8) is 0 Å². The van der Waals surface area contributed by atoms with Crippen LogP contribution in [-0.2, 0) is 0 Å². The molecule has 6 rings (SSSR count). The van der Waals surface area contributed by atoms with Crippen LogP contribution in [0, 0.1) is 13.8 Å². The Morgan fingerprint density at radius 1 is 0.686 bits per heavy atom. The van der Waals surface area contributed by atoms with Gasteiger partial charge >= 0.3 is 0 Å². The third kappa shape index (κ3) is 3.67. The summed E-state index contributed by atoms with van der Waals surface area (Å²) in [6.45, 7) is 6.55. The fourth-order valence-corrected chi connectivity index (χ4v) is 9.25. The Bertz CT molecular complexity index is 1580. The summed E-state index contributed by atoms with van der Waals surface area (Å²) in [4.78, 5) is 9.37. The molecule has 170 valence electrons. The highest BCUT2D eigenvalue weighted by molar-refractivity contribution is 7.13. The molecule has 3 aromatic carbocycles. The van der Waals surface area contributed by atoms with Gasteiger partial charge in [-0.15, -0.1) is 0 Å². The van der Waals surface area contributed by atoms with Gasteiger partial charge in [0.05, 0.1) is 0 Å². The van der Waals surface area contributed by atoms with Gasteiger partial charge in [0.2, 0.25) is 5.88 Å². The topological polar surface area (TPSA) is 35.0 Å². The van der Waals surface area contributed by atoms with Crippen LogP contribution in [-0.4, -0.2) is 18.0 Å². The van der Waals surface area contributed by atoms with Crippen LogP contribution in [0.3, 0.4) is 0 Å². The van der Waals surface area contributed by atoms with Crippen LogP contribution in [0.1, 0.15) is 11.3 Å². The first-order valence-corrected chi connectivity index (χ1v) is 14.4. The molecule has 0 amide bonds. The summed E-state index contributed by atoms with van der Waals surface area (Å²) in [5.41, 5.74) is 7.17. The van der Waals surface area contributed by atoms with E-state index in [-0.39, 0.29) is 0 Å². The molecule has 4 heteroatoms. The Hall–Kier alpha value is -4.02. The molecule has 0 aliphatic carbocycles. The summed E-state index contributed by atoms with van der Waals surface area (Å²) in [7, 11) is -2.23. The van der Waals surface area contributed by atoms with Crippen LogP contribution < -0.4 is 20.4 Å². The van der Waals surface area contributed by atoms with Gasteiger partial charge < -0.3 is 4.74 Å². The Morgan fingerprint density at radius 2 is 1.49 bits per heavy atom. The van der Waals surface area contributed by atoms with Gasteiger partial charge in [0.1, 0.15) is 5.75 Å². The third-order valence-corrected chi connectivity index (χ3v) is 11.3. The molecule has 0 bridgehead atoms. The van der Waals surface area contributed by atoms with Crippen molar-refractivity contribution in [3.05, 3.63) is 115 Å². The maximum absolute atomic E-state index is 6.08. The van der Waals surface area contributed by atoms with E-state index in [9.17, 15) is 0 Å². The number of hydrogen-bond donors (Lipinski definition) is 0. The molecule has 0 saturated heterocycles. The summed E-state index contributed by atoms with van der Waals surface area (Å²) in [5.74, 6) is 1.39. The van der Waals surface area contributed by atoms with Crippen molar-refractivity contribution in [2.75, 3.05) is 0 Å². The second-order valence-corrected chi connectivity index (χ2v) is 13.2. The number of benzene rings is 3. The number of rotatable bonds is 4. The lowest BCUT2D eigenvalue weighted by Crippen LogP contribution is -2.63. The van der Waals surface area contributed by atoms with E-state index in [4.69, 9.17) is 9.72 Å². The largest absolute Gasteiger partial charge is 0.439 e. The average Bonchev–Trinajstić information content (AvgIpc) is 3.13. The number of ether oxygens (including phenoxy) is 1. The van der Waals surface area contributed by atoms with Gasteiger partial charge in [-0.2, -0.15) is 0 Å². The summed E-state index contributed by atoms with van der Waals surface area (Å²) >= 11 is 0. The quantitative estimate of drug-likeness (QED) is 0.319. The van der Waals surface area contributed by atoms with E-state index in [0.29, 0.717) is 5.88 Å². The molecule has 1 aliphatic rings. The Kier molecular flexibility index (Phi) is 5.12. The molecule has 0 N–H and O–H groups in total. The number of fused-ring (bicyclic) bond motifs is 3. The van der Waals surface area contributed by atoms with Crippen LogP contribution >= 0.6 is 0 Å². The Labute approximate surface area is 207 Å². The first-order chi connectivity index (χ1) is 17.0. The van der Waals surface area contributed by atoms with E-state index in [1.807, 2.05) is 31.2 Å². The number of nitrogens with zero attached hydrogens (tertiary/aromatic N) is 2. The molecule has 0 fully saturated rings. The zero-order valence-electron chi connectivity index (χ0n) is 20.1. The molecular weight excluding hydrogens is 444 g/mol. The summed E-state index contributed by atoms with van der Waals surface area (Å²) in [6, 6.07) is 34.4. The second-order valence-electron chi connectivity index (χ2n) is 9.40. The SMILES string of the molecule is Cc1ccnc(Oc2cccc(-c3ccc4c(c3)[Si](C)(c3cccc(C)n3)c3ccccc3-4)c2)c1. The van der Waals surface area contributed by atoms with Crippen LogP contribution in [0.2, 0.25) is 6.55 Å². The van der Waals surface area contributed by atoms with Gasteiger partial charge in [-0.1, -0.05) is 67.2 Å². The maximum Gasteiger partial charge on any atom is 0.219 e. The molecule has 3 heterocycles. The van der Waals surface area contributed by atoms with Gasteiger partial charge in [-0.05, 0) is 82.4 Å². The van der Waals surface area contributed by atoms with E-state index >= 15 is 0 Å². The molecule has 1 unspecified atom stereocenters. The van der Waals surface area contributed by atoms with E-state index in [0.717, 1.165) is 22.6 Å². The number of aryl methyl sites for hydroxylation is 2. The van der Waals surface area contributed by atoms with Crippen LogP contribution in [0.15, 0.2) is 103 Å². The van der Waals surface area contributed by atoms with Crippen molar-refractivity contribution in [3.8, 4) is 33.9 Å². The summed E-state index contributed by atoms with van der Waals surface area (Å²) in [5, 5.41) is 4.07. The molecule has 5 aromatic rings. The Balaban J connectivity index is 1.46. The lowest BCUT2D eigenvalue weighted by atomic mass is 10.0. The average molecular weight is 471 g/mol. The lowest BCUT2D eigenvalue weighted by molar-refractivity contribution is 0.462. The fraction of sp³-hybridized carbons (Fsp3) is 0.0968. The minimum atomic E-state index is -2.23. The normalized spacial score (nSPS) is 16.0. The van der Waals surface area contributed by atoms with E-state index in [2.05, 4.69) is 91.3 Å². The molecule has 35 heavy (non-hydrogen) atoms. The second kappa shape index (κ2) is 8.33. The van der Waals surface area contributed by atoms with E-state index < -0.39 is 8.07 Å². The van der Waals surface area contributed by atoms with Crippen LogP contribution in [0.25, 0.3) is 22.3 Å². The van der Waals surface area contributed by atoms with Gasteiger partial charge in [0, 0.05) is 23.3 Å². The fourth-order valence-electron chi connectivity index (χ4n) is 5.19. The highest BCUT2D eigenvalue weighted by Gasteiger charge is 2.44. The smallest absolute Gasteiger partial charge is 0.219 e. The first kappa shape index (κ1) is 21.5. The third-order valence-electron chi connectivity index (χ3n) is 6.99. The summed E-state index contributed by atoms with van der Waals surface area (Å²) < 4.78 is 6.08. The molecule has 3 nitrogen and oxygen atoms in total. The number of pyridine rings is 2. The zero-order chi connectivity index (χ0) is 24.0. The van der Waals surface area contributed by atoms with E-state index in [1.54, 1.807) is 6.20 Å². The molecule has 1 aliphatic heterocycles. The molecule has 0 saturated carbocycles. The molecule has 0 spiro atoms. The minimum absolute atomic E-state index is 0.608. The highest BCUT2D eigenvalue weighted by Crippen LogP contribution is 2.32. The van der Waals surface area contributed by atoms with Crippen LogP contribution in [0.5, 0.6) is 11.6 Å². The van der Waals surface area contributed by atoms with Gasteiger partial charge in [-0.3, -0.25) is 4.98 Å². The lowest BCUT2D eigenvalue weighted by Gasteiger charge is -2.25. The first-order valence-electron chi connectivity index (χ1n) is 11.9. The van der Waals surface area contributed by atoms with Crippen molar-refractivity contribution >= 4 is 23.8 Å². The Morgan fingerprint density at radius 3 is 2.34 bits per heavy atom. The van der Waals surface area contributed by atoms with Gasteiger partial charge in [0.15, 0.2) is 8.07 Å². The van der Waals surface area contributed by atoms with Crippen molar-refractivity contribution < 1.29 is 4.74 Å². The molecule has 2 aromatic heterocycles. The zero-order valence-corrected chi connectivity index (χ0v) is 21.1. The van der Waals surface area contributed by atoms with E-state index in [1.165, 1.54) is 32.4 Å². The summed E-state index contributed by atoms with van der Waals surface area (Å²) in [6.07, 6.45) is 1.78. The van der Waals surface area contributed by atoms with Crippen molar-refractivity contribution in [1.29, 1.82) is 0 Å². The van der Waals surface area contributed by atoms with Gasteiger partial charge in [0.25, 0.3) is 0 Å². The molecular formula is C31H26N2OSi. The van der Waals surface area contributed by atoms with Crippen LogP contribution in [0.4, 0.5) is 0 Å². The predicted molar refractivity (Wildman–Crippen MR) is 146 cm³/mol. The number of aromatic nitrogens is 2. The monoisotopic (exact) mass is 470 g/mol. The minimum Gasteiger partial charge on any atom is -0.439 e. The standard InChI is InChI=1S/C31H26N2OSi/c1-21-16-17-32-30(18-21)34-25-10-7-9-23(19-25)24-14-15-27-26-11-4-5-12-28(26)35(3,29(27)20-24)31-13-6-8-22(2)33-31/h4-20H,1-3H3. The molecule has 1 atom stereocenters. The molecule has 0 radical (unpaired) electrons. The highest BCUT2D eigenvalue weighted by atomic mass is 28.3. The van der Waals surface area contributed by atoms with Crippen molar-refractivity contribution in [2.45, 2.75) is 20.4 Å².